The maximum absolute atomic E-state index is 9.75. The average molecular weight is 316 g/mol. The topological polar surface area (TPSA) is 79.2 Å². The molecule has 1 rings (SSSR count). The van der Waals surface area contributed by atoms with Crippen molar-refractivity contribution in [2.24, 2.45) is 0 Å². The van der Waals surface area contributed by atoms with Crippen molar-refractivity contribution in [3.63, 3.8) is 0 Å². The molecule has 0 amide bonds. The monoisotopic (exact) mass is 316 g/mol. The molecule has 0 unspecified atom stereocenters. The number of aliphatic hydroxyl groups excluding tert-OH is 3. The lowest BCUT2D eigenvalue weighted by Gasteiger charge is -2.35. The fourth-order valence-electron chi connectivity index (χ4n) is 2.43. The maximum atomic E-state index is 9.75. The van der Waals surface area contributed by atoms with Gasteiger partial charge in [0.2, 0.25) is 0 Å². The van der Waals surface area contributed by atoms with E-state index in [4.69, 9.17) is 9.47 Å². The number of ether oxygens (including phenoxy) is 2. The second-order valence-corrected chi connectivity index (χ2v) is 5.96. The third-order valence-corrected chi connectivity index (χ3v) is 3.94. The third-order valence-electron chi connectivity index (χ3n) is 3.94. The highest BCUT2D eigenvalue weighted by molar-refractivity contribution is 4.86. The van der Waals surface area contributed by atoms with Gasteiger partial charge in [-0.15, -0.1) is 0 Å². The van der Waals surface area contributed by atoms with Gasteiger partial charge in [-0.1, -0.05) is 31.9 Å². The fraction of sp³-hybridized carbons (Fsp3) is 0.882. The van der Waals surface area contributed by atoms with E-state index in [9.17, 15) is 15.3 Å². The Morgan fingerprint density at radius 3 is 2.36 bits per heavy atom. The molecule has 22 heavy (non-hydrogen) atoms. The Labute approximate surface area is 133 Å². The van der Waals surface area contributed by atoms with Crippen LogP contribution in [0.25, 0.3) is 0 Å². The summed E-state index contributed by atoms with van der Waals surface area (Å²) in [5.74, 6) is 0. The standard InChI is InChI=1S/C17H32O5/c1-2-3-4-5-6-7-8-9-10-11-21-13-15-17(20)16(19)14(18)12-22-15/h6-7,14-20H,2-5,8-13H2,1H3/b7-6+/t14-,15+,16+,17+/m0/s1. The van der Waals surface area contributed by atoms with E-state index in [1.54, 1.807) is 0 Å². The van der Waals surface area contributed by atoms with Crippen molar-refractivity contribution in [1.82, 2.24) is 0 Å². The Kier molecular flexibility index (Phi) is 10.7. The first-order chi connectivity index (χ1) is 10.7. The SMILES string of the molecule is CCCCC/C=C/CCCCOC[C@H]1OC[C@H](O)[C@@H](O)[C@@H]1O. The molecule has 1 aliphatic rings. The first-order valence-corrected chi connectivity index (χ1v) is 8.55. The average Bonchev–Trinajstić information content (AvgIpc) is 2.52. The number of hydrogen-bond donors (Lipinski definition) is 3. The number of allylic oxidation sites excluding steroid dienone is 2. The predicted octanol–water partition coefficient (Wildman–Crippen LogP) is 1.79. The number of rotatable bonds is 11. The molecule has 0 bridgehead atoms. The summed E-state index contributed by atoms with van der Waals surface area (Å²) in [7, 11) is 0. The highest BCUT2D eigenvalue weighted by Crippen LogP contribution is 2.16. The van der Waals surface area contributed by atoms with Crippen LogP contribution in [0.3, 0.4) is 0 Å². The molecule has 1 aliphatic heterocycles. The minimum atomic E-state index is -1.15. The van der Waals surface area contributed by atoms with Crippen LogP contribution in [0.5, 0.6) is 0 Å². The summed E-state index contributed by atoms with van der Waals surface area (Å²) >= 11 is 0. The Morgan fingerprint density at radius 2 is 1.68 bits per heavy atom. The highest BCUT2D eigenvalue weighted by Gasteiger charge is 2.37. The quantitative estimate of drug-likeness (QED) is 0.400. The summed E-state index contributed by atoms with van der Waals surface area (Å²) in [6.45, 7) is 3.12. The van der Waals surface area contributed by atoms with Gasteiger partial charge in [0.25, 0.3) is 0 Å². The molecule has 1 saturated heterocycles. The van der Waals surface area contributed by atoms with Crippen LogP contribution >= 0.6 is 0 Å². The summed E-state index contributed by atoms with van der Waals surface area (Å²) in [5.41, 5.74) is 0. The van der Waals surface area contributed by atoms with Crippen LogP contribution in [0.1, 0.15) is 51.9 Å². The first-order valence-electron chi connectivity index (χ1n) is 8.55. The minimum absolute atomic E-state index is 0.0368. The lowest BCUT2D eigenvalue weighted by Crippen LogP contribution is -2.54. The lowest BCUT2D eigenvalue weighted by atomic mass is 10.0. The Bertz CT molecular complexity index is 295. The number of hydrogen-bond acceptors (Lipinski definition) is 5. The van der Waals surface area contributed by atoms with Gasteiger partial charge in [0.15, 0.2) is 0 Å². The van der Waals surface area contributed by atoms with Gasteiger partial charge in [-0.05, 0) is 32.1 Å². The summed E-state index contributed by atoms with van der Waals surface area (Å²) in [5, 5.41) is 28.6. The zero-order chi connectivity index (χ0) is 16.2. The Hall–Kier alpha value is -0.460. The Balaban J connectivity index is 1.95. The maximum Gasteiger partial charge on any atom is 0.111 e. The van der Waals surface area contributed by atoms with Crippen molar-refractivity contribution in [3.05, 3.63) is 12.2 Å². The van der Waals surface area contributed by atoms with Gasteiger partial charge in [-0.3, -0.25) is 0 Å². The summed E-state index contributed by atoms with van der Waals surface area (Å²) < 4.78 is 10.8. The zero-order valence-corrected chi connectivity index (χ0v) is 13.7. The van der Waals surface area contributed by atoms with Crippen LogP contribution in [0.15, 0.2) is 12.2 Å². The van der Waals surface area contributed by atoms with Crippen LogP contribution in [-0.4, -0.2) is 59.6 Å². The summed E-state index contributed by atoms with van der Waals surface area (Å²) in [6, 6.07) is 0. The van der Waals surface area contributed by atoms with Gasteiger partial charge < -0.3 is 24.8 Å². The van der Waals surface area contributed by atoms with E-state index in [1.807, 2.05) is 0 Å². The van der Waals surface area contributed by atoms with E-state index in [1.165, 1.54) is 25.7 Å². The third kappa shape index (κ3) is 7.70. The van der Waals surface area contributed by atoms with Crippen LogP contribution < -0.4 is 0 Å². The van der Waals surface area contributed by atoms with Crippen molar-refractivity contribution in [2.45, 2.75) is 76.3 Å². The molecule has 0 spiro atoms. The molecule has 0 aromatic carbocycles. The second kappa shape index (κ2) is 12.0. The molecule has 1 heterocycles. The van der Waals surface area contributed by atoms with Crippen molar-refractivity contribution < 1.29 is 24.8 Å². The van der Waals surface area contributed by atoms with Gasteiger partial charge in [0.05, 0.1) is 13.2 Å². The van der Waals surface area contributed by atoms with Gasteiger partial charge in [-0.2, -0.15) is 0 Å². The van der Waals surface area contributed by atoms with E-state index >= 15 is 0 Å². The normalized spacial score (nSPS) is 29.3. The van der Waals surface area contributed by atoms with E-state index in [-0.39, 0.29) is 13.2 Å². The fourth-order valence-corrected chi connectivity index (χ4v) is 2.43. The van der Waals surface area contributed by atoms with E-state index in [0.717, 1.165) is 19.3 Å². The van der Waals surface area contributed by atoms with Crippen molar-refractivity contribution >= 4 is 0 Å². The summed E-state index contributed by atoms with van der Waals surface area (Å²) in [4.78, 5) is 0. The lowest BCUT2D eigenvalue weighted by molar-refractivity contribution is -0.199. The smallest absolute Gasteiger partial charge is 0.111 e. The number of unbranched alkanes of at least 4 members (excludes halogenated alkanes) is 5. The van der Waals surface area contributed by atoms with E-state index < -0.39 is 24.4 Å². The van der Waals surface area contributed by atoms with Crippen molar-refractivity contribution in [1.29, 1.82) is 0 Å². The molecule has 0 saturated carbocycles. The molecule has 4 atom stereocenters. The second-order valence-electron chi connectivity index (χ2n) is 5.96. The van der Waals surface area contributed by atoms with Crippen molar-refractivity contribution in [2.75, 3.05) is 19.8 Å². The molecule has 0 aliphatic carbocycles. The molecule has 0 aromatic heterocycles. The molecule has 5 heteroatoms. The molecular formula is C17H32O5. The Morgan fingerprint density at radius 1 is 1.00 bits per heavy atom. The highest BCUT2D eigenvalue weighted by atomic mass is 16.6. The van der Waals surface area contributed by atoms with Crippen LogP contribution in [0, 0.1) is 0 Å². The minimum Gasteiger partial charge on any atom is -0.388 e. The molecule has 130 valence electrons. The first kappa shape index (κ1) is 19.6. The van der Waals surface area contributed by atoms with Gasteiger partial charge in [0, 0.05) is 6.61 Å². The molecule has 5 nitrogen and oxygen atoms in total. The summed E-state index contributed by atoms with van der Waals surface area (Å²) in [6.07, 6.45) is 8.82. The van der Waals surface area contributed by atoms with E-state index in [2.05, 4.69) is 19.1 Å². The van der Waals surface area contributed by atoms with Crippen LogP contribution in [0.2, 0.25) is 0 Å². The van der Waals surface area contributed by atoms with Gasteiger partial charge in [0.1, 0.15) is 24.4 Å². The van der Waals surface area contributed by atoms with Gasteiger partial charge in [-0.25, -0.2) is 0 Å². The number of aliphatic hydroxyl groups is 3. The van der Waals surface area contributed by atoms with Crippen molar-refractivity contribution in [3.8, 4) is 0 Å². The van der Waals surface area contributed by atoms with Crippen LogP contribution in [0.4, 0.5) is 0 Å². The molecule has 3 N–H and O–H groups in total. The zero-order valence-electron chi connectivity index (χ0n) is 13.7. The predicted molar refractivity (Wildman–Crippen MR) is 85.7 cm³/mol. The van der Waals surface area contributed by atoms with Crippen LogP contribution in [-0.2, 0) is 9.47 Å². The molecule has 0 radical (unpaired) electrons. The largest absolute Gasteiger partial charge is 0.388 e. The molecule has 0 aromatic rings. The van der Waals surface area contributed by atoms with Gasteiger partial charge >= 0.3 is 0 Å². The molecule has 1 fully saturated rings. The van der Waals surface area contributed by atoms with E-state index in [0.29, 0.717) is 6.61 Å². The molecular weight excluding hydrogens is 284 g/mol.